The molecule has 0 bridgehead atoms. The third-order valence-corrected chi connectivity index (χ3v) is 5.83. The van der Waals surface area contributed by atoms with Crippen LogP contribution in [0, 0.1) is 5.92 Å². The molecule has 1 aliphatic heterocycles. The van der Waals surface area contributed by atoms with Gasteiger partial charge < -0.3 is 20.3 Å². The van der Waals surface area contributed by atoms with Gasteiger partial charge in [-0.2, -0.15) is 0 Å². The summed E-state index contributed by atoms with van der Waals surface area (Å²) in [7, 11) is 0. The fourth-order valence-corrected chi connectivity index (χ4v) is 4.16. The van der Waals surface area contributed by atoms with E-state index in [4.69, 9.17) is 4.74 Å². The molecule has 0 radical (unpaired) electrons. The average molecular weight is 408 g/mol. The van der Waals surface area contributed by atoms with E-state index in [0.29, 0.717) is 19.2 Å². The van der Waals surface area contributed by atoms with E-state index in [9.17, 15) is 9.59 Å². The molecule has 1 atom stereocenters. The van der Waals surface area contributed by atoms with Crippen LogP contribution in [0.2, 0.25) is 0 Å². The number of anilines is 2. The number of hydrogen-bond donors (Lipinski definition) is 2. The van der Waals surface area contributed by atoms with Crippen LogP contribution in [0.25, 0.3) is 0 Å². The first-order valence-electron chi connectivity index (χ1n) is 10.9. The first kappa shape index (κ1) is 20.3. The maximum atomic E-state index is 12.8. The van der Waals surface area contributed by atoms with E-state index in [2.05, 4.69) is 10.6 Å². The summed E-state index contributed by atoms with van der Waals surface area (Å²) in [4.78, 5) is 27.0. The Balaban J connectivity index is 1.29. The summed E-state index contributed by atoms with van der Waals surface area (Å²) in [6, 6.07) is 16.8. The Kier molecular flexibility index (Phi) is 6.52. The number of hydrogen-bond acceptors (Lipinski definition) is 3. The summed E-state index contributed by atoms with van der Waals surface area (Å²) >= 11 is 0. The molecule has 158 valence electrons. The van der Waals surface area contributed by atoms with Crippen molar-refractivity contribution in [2.75, 3.05) is 23.7 Å². The molecule has 1 unspecified atom stereocenters. The highest BCUT2D eigenvalue weighted by Crippen LogP contribution is 2.26. The molecule has 2 aromatic rings. The van der Waals surface area contributed by atoms with Crippen LogP contribution < -0.4 is 15.4 Å². The van der Waals surface area contributed by atoms with E-state index >= 15 is 0 Å². The highest BCUT2D eigenvalue weighted by molar-refractivity contribution is 5.94. The topological polar surface area (TPSA) is 70.7 Å². The molecule has 1 saturated heterocycles. The van der Waals surface area contributed by atoms with Gasteiger partial charge in [-0.3, -0.25) is 4.79 Å². The molecule has 6 heteroatoms. The summed E-state index contributed by atoms with van der Waals surface area (Å²) in [5.74, 6) is 0.590. The van der Waals surface area contributed by atoms with Crippen molar-refractivity contribution >= 4 is 23.3 Å². The standard InChI is InChI=1S/C24H29N3O3/c28-23(25-20-12-14-22(15-13-20)30-21-10-4-5-11-21)18-7-6-16-27(17-18)24(29)26-19-8-2-1-3-9-19/h1-3,8-9,12-15,18,21H,4-7,10-11,16-17H2,(H,25,28)(H,26,29). The number of nitrogens with one attached hydrogen (secondary N) is 2. The molecular formula is C24H29N3O3. The summed E-state index contributed by atoms with van der Waals surface area (Å²) in [5, 5.41) is 5.89. The molecule has 2 aliphatic rings. The van der Waals surface area contributed by atoms with Crippen LogP contribution in [-0.2, 0) is 4.79 Å². The largest absolute Gasteiger partial charge is 0.490 e. The molecule has 0 spiro atoms. The van der Waals surface area contributed by atoms with Crippen molar-refractivity contribution in [1.82, 2.24) is 4.90 Å². The highest BCUT2D eigenvalue weighted by atomic mass is 16.5. The van der Waals surface area contributed by atoms with Crippen molar-refractivity contribution in [2.45, 2.75) is 44.6 Å². The molecule has 30 heavy (non-hydrogen) atoms. The molecule has 1 heterocycles. The van der Waals surface area contributed by atoms with Crippen LogP contribution >= 0.6 is 0 Å². The predicted molar refractivity (Wildman–Crippen MR) is 118 cm³/mol. The Labute approximate surface area is 177 Å². The maximum absolute atomic E-state index is 12.8. The van der Waals surface area contributed by atoms with E-state index < -0.39 is 0 Å². The van der Waals surface area contributed by atoms with Crippen LogP contribution in [-0.4, -0.2) is 36.0 Å². The van der Waals surface area contributed by atoms with Gasteiger partial charge in [-0.05, 0) is 74.9 Å². The molecule has 1 saturated carbocycles. The monoisotopic (exact) mass is 407 g/mol. The zero-order chi connectivity index (χ0) is 20.8. The van der Waals surface area contributed by atoms with Crippen LogP contribution in [0.4, 0.5) is 16.2 Å². The first-order valence-corrected chi connectivity index (χ1v) is 10.9. The van der Waals surface area contributed by atoms with Crippen molar-refractivity contribution in [1.29, 1.82) is 0 Å². The second kappa shape index (κ2) is 9.65. The first-order chi connectivity index (χ1) is 14.7. The van der Waals surface area contributed by atoms with Gasteiger partial charge in [0.25, 0.3) is 0 Å². The number of carbonyl (C=O) groups excluding carboxylic acids is 2. The molecule has 1 aliphatic carbocycles. The number of amides is 3. The molecule has 2 fully saturated rings. The summed E-state index contributed by atoms with van der Waals surface area (Å²) in [6.07, 6.45) is 6.63. The van der Waals surface area contributed by atoms with Gasteiger partial charge in [0.05, 0.1) is 12.0 Å². The number of piperidine rings is 1. The minimum Gasteiger partial charge on any atom is -0.490 e. The summed E-state index contributed by atoms with van der Waals surface area (Å²) < 4.78 is 5.98. The van der Waals surface area contributed by atoms with E-state index in [0.717, 1.165) is 42.8 Å². The number of rotatable bonds is 5. The molecular weight excluding hydrogens is 378 g/mol. The molecule has 2 aromatic carbocycles. The van der Waals surface area contributed by atoms with E-state index in [-0.39, 0.29) is 17.9 Å². The molecule has 3 amide bonds. The van der Waals surface area contributed by atoms with Crippen LogP contribution in [0.15, 0.2) is 54.6 Å². The predicted octanol–water partition coefficient (Wildman–Crippen LogP) is 4.89. The second-order valence-corrected chi connectivity index (χ2v) is 8.12. The fourth-order valence-electron chi connectivity index (χ4n) is 4.16. The maximum Gasteiger partial charge on any atom is 0.321 e. The lowest BCUT2D eigenvalue weighted by Gasteiger charge is -2.32. The second-order valence-electron chi connectivity index (χ2n) is 8.12. The van der Waals surface area contributed by atoms with Crippen molar-refractivity contribution < 1.29 is 14.3 Å². The zero-order valence-electron chi connectivity index (χ0n) is 17.2. The number of benzene rings is 2. The van der Waals surface area contributed by atoms with Gasteiger partial charge in [0.1, 0.15) is 5.75 Å². The Morgan fingerprint density at radius 2 is 1.53 bits per heavy atom. The van der Waals surface area contributed by atoms with Crippen molar-refractivity contribution in [2.24, 2.45) is 5.92 Å². The molecule has 2 N–H and O–H groups in total. The summed E-state index contributed by atoms with van der Waals surface area (Å²) in [6.45, 7) is 1.09. The normalized spacial score (nSPS) is 19.3. The van der Waals surface area contributed by atoms with Crippen LogP contribution in [0.1, 0.15) is 38.5 Å². The number of para-hydroxylation sites is 1. The molecule has 4 rings (SSSR count). The third-order valence-electron chi connectivity index (χ3n) is 5.83. The third kappa shape index (κ3) is 5.32. The SMILES string of the molecule is O=C(Nc1ccc(OC2CCCC2)cc1)C1CCCN(C(=O)Nc2ccccc2)C1. The minimum atomic E-state index is -0.213. The number of nitrogens with zero attached hydrogens (tertiary/aromatic N) is 1. The van der Waals surface area contributed by atoms with Gasteiger partial charge in [-0.1, -0.05) is 18.2 Å². The fraction of sp³-hybridized carbons (Fsp3) is 0.417. The van der Waals surface area contributed by atoms with Crippen molar-refractivity contribution in [3.63, 3.8) is 0 Å². The lowest BCUT2D eigenvalue weighted by atomic mass is 9.97. The van der Waals surface area contributed by atoms with E-state index in [1.54, 1.807) is 4.90 Å². The van der Waals surface area contributed by atoms with Gasteiger partial charge in [0.15, 0.2) is 0 Å². The highest BCUT2D eigenvalue weighted by Gasteiger charge is 2.28. The minimum absolute atomic E-state index is 0.0447. The van der Waals surface area contributed by atoms with Crippen LogP contribution in [0.5, 0.6) is 5.75 Å². The van der Waals surface area contributed by atoms with E-state index in [1.165, 1.54) is 12.8 Å². The van der Waals surface area contributed by atoms with Gasteiger partial charge in [0, 0.05) is 24.5 Å². The van der Waals surface area contributed by atoms with Crippen LogP contribution in [0.3, 0.4) is 0 Å². The summed E-state index contributed by atoms with van der Waals surface area (Å²) in [5.41, 5.74) is 1.51. The average Bonchev–Trinajstić information content (AvgIpc) is 3.29. The van der Waals surface area contributed by atoms with Gasteiger partial charge in [0.2, 0.25) is 5.91 Å². The Bertz CT molecular complexity index is 848. The number of urea groups is 1. The lowest BCUT2D eigenvalue weighted by molar-refractivity contribution is -0.121. The van der Waals surface area contributed by atoms with Crippen molar-refractivity contribution in [3.8, 4) is 5.75 Å². The quantitative estimate of drug-likeness (QED) is 0.741. The van der Waals surface area contributed by atoms with Crippen molar-refractivity contribution in [3.05, 3.63) is 54.6 Å². The zero-order valence-corrected chi connectivity index (χ0v) is 17.2. The lowest BCUT2D eigenvalue weighted by Crippen LogP contribution is -2.45. The Morgan fingerprint density at radius 1 is 0.833 bits per heavy atom. The van der Waals surface area contributed by atoms with Gasteiger partial charge in [-0.25, -0.2) is 4.79 Å². The molecule has 0 aromatic heterocycles. The number of likely N-dealkylation sites (tertiary alicyclic amines) is 1. The molecule has 6 nitrogen and oxygen atoms in total. The Hall–Kier alpha value is -3.02. The smallest absolute Gasteiger partial charge is 0.321 e. The van der Waals surface area contributed by atoms with Gasteiger partial charge in [-0.15, -0.1) is 0 Å². The number of ether oxygens (including phenoxy) is 1. The number of carbonyl (C=O) groups is 2. The Morgan fingerprint density at radius 3 is 2.27 bits per heavy atom. The van der Waals surface area contributed by atoms with Gasteiger partial charge >= 0.3 is 6.03 Å². The van der Waals surface area contributed by atoms with E-state index in [1.807, 2.05) is 54.6 Å².